The average molecular weight is 318 g/mol. The van der Waals surface area contributed by atoms with Crippen molar-refractivity contribution in [1.29, 1.82) is 0 Å². The van der Waals surface area contributed by atoms with Crippen LogP contribution in [0, 0.1) is 5.92 Å². The van der Waals surface area contributed by atoms with Gasteiger partial charge in [0.25, 0.3) is 0 Å². The minimum atomic E-state index is -0.680. The van der Waals surface area contributed by atoms with E-state index in [1.165, 1.54) is 4.90 Å². The Bertz CT molecular complexity index is 530. The molecule has 0 saturated carbocycles. The van der Waals surface area contributed by atoms with Crippen molar-refractivity contribution in [2.45, 2.75) is 32.8 Å². The molecule has 2 amide bonds. The Labute approximate surface area is 137 Å². The summed E-state index contributed by atoms with van der Waals surface area (Å²) in [4.78, 5) is 27.9. The second kappa shape index (κ2) is 8.11. The van der Waals surface area contributed by atoms with Gasteiger partial charge in [-0.05, 0) is 17.9 Å². The van der Waals surface area contributed by atoms with Crippen molar-refractivity contribution in [3.05, 3.63) is 35.9 Å². The topological polar surface area (TPSA) is 60.9 Å². The Kier molecular flexibility index (Phi) is 6.16. The molecule has 0 aliphatic carbocycles. The molecule has 5 heteroatoms. The van der Waals surface area contributed by atoms with Gasteiger partial charge in [0, 0.05) is 26.1 Å². The van der Waals surface area contributed by atoms with Crippen LogP contribution in [0.25, 0.3) is 0 Å². The fraction of sp³-hybridized carbons (Fsp3) is 0.556. The summed E-state index contributed by atoms with van der Waals surface area (Å²) in [5.74, 6) is 0.183. The van der Waals surface area contributed by atoms with Crippen molar-refractivity contribution in [2.75, 3.05) is 26.2 Å². The second-order valence-corrected chi connectivity index (χ2v) is 6.61. The first-order valence-electron chi connectivity index (χ1n) is 8.23. The van der Waals surface area contributed by atoms with Crippen LogP contribution in [0.15, 0.2) is 30.3 Å². The Morgan fingerprint density at radius 2 is 1.96 bits per heavy atom. The summed E-state index contributed by atoms with van der Waals surface area (Å²) in [6.45, 7) is 5.29. The van der Waals surface area contributed by atoms with Crippen LogP contribution < -0.4 is 0 Å². The highest BCUT2D eigenvalue weighted by molar-refractivity contribution is 5.85. The molecule has 1 fully saturated rings. The third-order valence-electron chi connectivity index (χ3n) is 3.95. The van der Waals surface area contributed by atoms with Crippen molar-refractivity contribution in [1.82, 2.24) is 9.80 Å². The van der Waals surface area contributed by atoms with Crippen molar-refractivity contribution >= 4 is 11.8 Å². The highest BCUT2D eigenvalue weighted by Crippen LogP contribution is 2.11. The van der Waals surface area contributed by atoms with E-state index in [0.717, 1.165) is 5.56 Å². The Morgan fingerprint density at radius 1 is 1.26 bits per heavy atom. The molecule has 126 valence electrons. The largest absolute Gasteiger partial charge is 0.389 e. The molecule has 1 aliphatic heterocycles. The zero-order chi connectivity index (χ0) is 16.8. The molecule has 1 heterocycles. The molecule has 1 atom stereocenters. The van der Waals surface area contributed by atoms with Gasteiger partial charge in [0.15, 0.2) is 0 Å². The number of rotatable bonds is 5. The Morgan fingerprint density at radius 3 is 2.61 bits per heavy atom. The highest BCUT2D eigenvalue weighted by Gasteiger charge is 2.29. The van der Waals surface area contributed by atoms with Crippen LogP contribution in [-0.2, 0) is 16.0 Å². The summed E-state index contributed by atoms with van der Waals surface area (Å²) < 4.78 is 0. The molecule has 1 unspecified atom stereocenters. The number of hydrogen-bond acceptors (Lipinski definition) is 3. The van der Waals surface area contributed by atoms with E-state index in [2.05, 4.69) is 0 Å². The van der Waals surface area contributed by atoms with E-state index in [-0.39, 0.29) is 24.9 Å². The number of amides is 2. The van der Waals surface area contributed by atoms with Crippen molar-refractivity contribution in [2.24, 2.45) is 5.92 Å². The predicted octanol–water partition coefficient (Wildman–Crippen LogP) is 1.31. The second-order valence-electron chi connectivity index (χ2n) is 6.61. The number of nitrogens with zero attached hydrogens (tertiary/aromatic N) is 2. The van der Waals surface area contributed by atoms with Gasteiger partial charge in [-0.2, -0.15) is 0 Å². The minimum Gasteiger partial charge on any atom is -0.389 e. The van der Waals surface area contributed by atoms with E-state index in [1.807, 2.05) is 44.2 Å². The van der Waals surface area contributed by atoms with Gasteiger partial charge < -0.3 is 14.9 Å². The van der Waals surface area contributed by atoms with E-state index in [0.29, 0.717) is 31.8 Å². The number of aryl methyl sites for hydroxylation is 1. The molecule has 1 aromatic carbocycles. The first-order chi connectivity index (χ1) is 11.0. The van der Waals surface area contributed by atoms with Gasteiger partial charge in [0.2, 0.25) is 11.8 Å². The standard InChI is InChI=1S/C18H26N2O3/c1-14(2)10-19-11-16(21)12-20(13-18(19)23)17(22)9-8-15-6-4-3-5-7-15/h3-7,14,16,21H,8-13H2,1-2H3. The lowest BCUT2D eigenvalue weighted by Gasteiger charge is -2.23. The van der Waals surface area contributed by atoms with E-state index in [9.17, 15) is 14.7 Å². The summed E-state index contributed by atoms with van der Waals surface area (Å²) in [6.07, 6.45) is 0.325. The fourth-order valence-corrected chi connectivity index (χ4v) is 2.86. The zero-order valence-corrected chi connectivity index (χ0v) is 13.9. The predicted molar refractivity (Wildman–Crippen MR) is 88.8 cm³/mol. The van der Waals surface area contributed by atoms with Crippen LogP contribution in [0.5, 0.6) is 0 Å². The monoisotopic (exact) mass is 318 g/mol. The Balaban J connectivity index is 1.93. The molecule has 0 radical (unpaired) electrons. The number of benzene rings is 1. The van der Waals surface area contributed by atoms with Crippen LogP contribution in [0.2, 0.25) is 0 Å². The number of hydrogen-bond donors (Lipinski definition) is 1. The number of aliphatic hydroxyl groups excluding tert-OH is 1. The van der Waals surface area contributed by atoms with E-state index >= 15 is 0 Å². The number of carbonyl (C=O) groups excluding carboxylic acids is 2. The average Bonchev–Trinajstić information content (AvgIpc) is 2.64. The lowest BCUT2D eigenvalue weighted by Crippen LogP contribution is -2.40. The molecule has 23 heavy (non-hydrogen) atoms. The lowest BCUT2D eigenvalue weighted by molar-refractivity contribution is -0.138. The van der Waals surface area contributed by atoms with Gasteiger partial charge in [-0.25, -0.2) is 0 Å². The molecular formula is C18H26N2O3. The van der Waals surface area contributed by atoms with Crippen molar-refractivity contribution in [3.63, 3.8) is 0 Å². The van der Waals surface area contributed by atoms with Crippen molar-refractivity contribution < 1.29 is 14.7 Å². The third-order valence-corrected chi connectivity index (χ3v) is 3.95. The number of aliphatic hydroxyl groups is 1. The fourth-order valence-electron chi connectivity index (χ4n) is 2.86. The van der Waals surface area contributed by atoms with Gasteiger partial charge in [-0.1, -0.05) is 44.2 Å². The van der Waals surface area contributed by atoms with Gasteiger partial charge in [0.05, 0.1) is 12.6 Å². The summed E-state index contributed by atoms with van der Waals surface area (Å²) in [6, 6.07) is 9.81. The smallest absolute Gasteiger partial charge is 0.242 e. The molecule has 2 rings (SSSR count). The summed E-state index contributed by atoms with van der Waals surface area (Å²) >= 11 is 0. The molecule has 1 saturated heterocycles. The Hall–Kier alpha value is -1.88. The summed E-state index contributed by atoms with van der Waals surface area (Å²) in [5.41, 5.74) is 1.10. The molecular weight excluding hydrogens is 292 g/mol. The molecule has 1 aromatic rings. The SMILES string of the molecule is CC(C)CN1CC(O)CN(C(=O)CCc2ccccc2)CC1=O. The van der Waals surface area contributed by atoms with Gasteiger partial charge in [0.1, 0.15) is 0 Å². The van der Waals surface area contributed by atoms with Crippen LogP contribution in [0.4, 0.5) is 0 Å². The normalized spacial score (nSPS) is 19.1. The molecule has 0 spiro atoms. The van der Waals surface area contributed by atoms with E-state index in [4.69, 9.17) is 0 Å². The van der Waals surface area contributed by atoms with Gasteiger partial charge in [-0.3, -0.25) is 9.59 Å². The molecule has 0 bridgehead atoms. The van der Waals surface area contributed by atoms with Gasteiger partial charge >= 0.3 is 0 Å². The van der Waals surface area contributed by atoms with Crippen LogP contribution in [-0.4, -0.2) is 59.0 Å². The lowest BCUT2D eigenvalue weighted by atomic mass is 10.1. The van der Waals surface area contributed by atoms with E-state index in [1.54, 1.807) is 4.90 Å². The number of carbonyl (C=O) groups is 2. The number of β-amino-alcohol motifs (C(OH)–C–C–N with tert-alkyl or cyclic N) is 1. The third kappa shape index (κ3) is 5.36. The maximum atomic E-state index is 12.4. The highest BCUT2D eigenvalue weighted by atomic mass is 16.3. The van der Waals surface area contributed by atoms with Crippen molar-refractivity contribution in [3.8, 4) is 0 Å². The van der Waals surface area contributed by atoms with E-state index < -0.39 is 6.10 Å². The molecule has 1 N–H and O–H groups in total. The van der Waals surface area contributed by atoms with Crippen LogP contribution >= 0.6 is 0 Å². The van der Waals surface area contributed by atoms with Crippen LogP contribution in [0.1, 0.15) is 25.8 Å². The molecule has 5 nitrogen and oxygen atoms in total. The zero-order valence-electron chi connectivity index (χ0n) is 13.9. The maximum Gasteiger partial charge on any atom is 0.242 e. The first-order valence-corrected chi connectivity index (χ1v) is 8.23. The summed E-state index contributed by atoms with van der Waals surface area (Å²) in [5, 5.41) is 10.1. The minimum absolute atomic E-state index is 0.0669. The van der Waals surface area contributed by atoms with Gasteiger partial charge in [-0.15, -0.1) is 0 Å². The quantitative estimate of drug-likeness (QED) is 0.890. The van der Waals surface area contributed by atoms with Crippen LogP contribution in [0.3, 0.4) is 0 Å². The molecule has 0 aromatic heterocycles. The maximum absolute atomic E-state index is 12.4. The first kappa shape index (κ1) is 17.5. The molecule has 1 aliphatic rings. The summed E-state index contributed by atoms with van der Waals surface area (Å²) in [7, 11) is 0.